The maximum Gasteiger partial charge on any atom is 0.229 e. The summed E-state index contributed by atoms with van der Waals surface area (Å²) in [5, 5.41) is 6.47. The second-order valence-corrected chi connectivity index (χ2v) is 5.76. The number of halogens is 1. The highest BCUT2D eigenvalue weighted by atomic mass is 127. The van der Waals surface area contributed by atoms with Crippen molar-refractivity contribution < 1.29 is 13.9 Å². The lowest BCUT2D eigenvalue weighted by Crippen LogP contribution is -2.44. The van der Waals surface area contributed by atoms with Gasteiger partial charge in [0.05, 0.1) is 26.0 Å². The van der Waals surface area contributed by atoms with Gasteiger partial charge in [0.25, 0.3) is 0 Å². The van der Waals surface area contributed by atoms with E-state index in [0.29, 0.717) is 25.5 Å². The molecule has 26 heavy (non-hydrogen) atoms. The number of carbonyl (C=O) groups excluding carboxylic acids is 1. The van der Waals surface area contributed by atoms with Crippen LogP contribution in [0, 0.1) is 0 Å². The van der Waals surface area contributed by atoms with Crippen LogP contribution in [0.1, 0.15) is 12.2 Å². The first kappa shape index (κ1) is 20.1. The van der Waals surface area contributed by atoms with Crippen LogP contribution in [-0.2, 0) is 11.3 Å². The minimum Gasteiger partial charge on any atom is -0.497 e. The first-order valence-electron chi connectivity index (χ1n) is 8.13. The van der Waals surface area contributed by atoms with Crippen LogP contribution in [0.4, 0.5) is 5.69 Å². The van der Waals surface area contributed by atoms with Crippen LogP contribution in [0.5, 0.6) is 5.75 Å². The molecule has 0 aliphatic carbocycles. The van der Waals surface area contributed by atoms with E-state index >= 15 is 0 Å². The Morgan fingerprint density at radius 3 is 2.92 bits per heavy atom. The first-order valence-corrected chi connectivity index (χ1v) is 8.13. The second-order valence-electron chi connectivity index (χ2n) is 5.76. The van der Waals surface area contributed by atoms with Crippen LogP contribution in [-0.4, -0.2) is 38.6 Å². The number of nitrogens with zero attached hydrogens (tertiary/aromatic N) is 2. The number of guanidine groups is 1. The molecule has 2 aromatic rings. The number of methoxy groups -OCH3 is 1. The highest BCUT2D eigenvalue weighted by molar-refractivity contribution is 14.0. The van der Waals surface area contributed by atoms with Crippen molar-refractivity contribution in [3.05, 3.63) is 48.4 Å². The van der Waals surface area contributed by atoms with Crippen LogP contribution in [0.15, 0.2) is 52.1 Å². The van der Waals surface area contributed by atoms with Crippen molar-refractivity contribution in [2.45, 2.75) is 19.0 Å². The van der Waals surface area contributed by atoms with E-state index in [2.05, 4.69) is 15.6 Å². The molecule has 0 spiro atoms. The fourth-order valence-electron chi connectivity index (χ4n) is 2.80. The molecule has 1 aliphatic rings. The molecule has 2 heterocycles. The summed E-state index contributed by atoms with van der Waals surface area (Å²) in [6.45, 7) is 1.11. The molecule has 1 aromatic carbocycles. The molecular weight excluding hydrogens is 447 g/mol. The Morgan fingerprint density at radius 1 is 1.38 bits per heavy atom. The zero-order valence-corrected chi connectivity index (χ0v) is 17.1. The number of anilines is 1. The summed E-state index contributed by atoms with van der Waals surface area (Å²) in [5.74, 6) is 2.27. The van der Waals surface area contributed by atoms with Gasteiger partial charge in [0, 0.05) is 31.8 Å². The predicted molar refractivity (Wildman–Crippen MR) is 111 cm³/mol. The average molecular weight is 470 g/mol. The fraction of sp³-hybridized carbons (Fsp3) is 0.333. The van der Waals surface area contributed by atoms with Crippen LogP contribution in [0.2, 0.25) is 0 Å². The standard InChI is InChI=1S/C18H22N4O3.HI/c1-19-18(20-11-16-7-4-8-25-16)21-13-9-17(23)22(12-13)14-5-3-6-15(10-14)24-2;/h3-8,10,13H,9,11-12H2,1-2H3,(H2,19,20,21);1H. The van der Waals surface area contributed by atoms with Gasteiger partial charge in [0.2, 0.25) is 5.91 Å². The van der Waals surface area contributed by atoms with Gasteiger partial charge in [-0.25, -0.2) is 0 Å². The van der Waals surface area contributed by atoms with E-state index in [4.69, 9.17) is 9.15 Å². The molecule has 0 radical (unpaired) electrons. The summed E-state index contributed by atoms with van der Waals surface area (Å²) in [5.41, 5.74) is 0.840. The summed E-state index contributed by atoms with van der Waals surface area (Å²) in [6.07, 6.45) is 2.05. The third kappa shape index (κ3) is 4.90. The van der Waals surface area contributed by atoms with E-state index in [0.717, 1.165) is 17.2 Å². The molecule has 140 valence electrons. The van der Waals surface area contributed by atoms with Gasteiger partial charge < -0.3 is 24.7 Å². The van der Waals surface area contributed by atoms with E-state index in [1.807, 2.05) is 36.4 Å². The average Bonchev–Trinajstić information content (AvgIpc) is 3.28. The SMILES string of the molecule is CN=C(NCc1ccco1)NC1CC(=O)N(c2cccc(OC)c2)C1.I. The zero-order chi connectivity index (χ0) is 17.6. The van der Waals surface area contributed by atoms with E-state index < -0.39 is 0 Å². The van der Waals surface area contributed by atoms with Crippen molar-refractivity contribution in [1.82, 2.24) is 10.6 Å². The normalized spacial score (nSPS) is 17.0. The molecule has 7 nitrogen and oxygen atoms in total. The molecule has 1 atom stereocenters. The van der Waals surface area contributed by atoms with Crippen molar-refractivity contribution in [3.8, 4) is 5.75 Å². The molecule has 3 rings (SSSR count). The van der Waals surface area contributed by atoms with Gasteiger partial charge in [-0.1, -0.05) is 6.07 Å². The Balaban J connectivity index is 0.00000243. The van der Waals surface area contributed by atoms with Crippen LogP contribution < -0.4 is 20.3 Å². The highest BCUT2D eigenvalue weighted by Crippen LogP contribution is 2.25. The third-order valence-electron chi connectivity index (χ3n) is 4.06. The van der Waals surface area contributed by atoms with Gasteiger partial charge in [-0.3, -0.25) is 9.79 Å². The molecule has 1 aromatic heterocycles. The molecule has 2 N–H and O–H groups in total. The molecule has 1 fully saturated rings. The van der Waals surface area contributed by atoms with Gasteiger partial charge >= 0.3 is 0 Å². The smallest absolute Gasteiger partial charge is 0.229 e. The molecule has 1 saturated heterocycles. The number of carbonyl (C=O) groups is 1. The Bertz CT molecular complexity index is 749. The molecule has 1 aliphatic heterocycles. The summed E-state index contributed by atoms with van der Waals surface area (Å²) in [6, 6.07) is 11.2. The number of hydrogen-bond acceptors (Lipinski definition) is 4. The second kappa shape index (κ2) is 9.46. The summed E-state index contributed by atoms with van der Waals surface area (Å²) in [7, 11) is 3.32. The number of nitrogens with one attached hydrogen (secondary N) is 2. The molecule has 1 amide bonds. The lowest BCUT2D eigenvalue weighted by Gasteiger charge is -2.19. The molecule has 0 saturated carbocycles. The molecule has 1 unspecified atom stereocenters. The maximum absolute atomic E-state index is 12.4. The Kier molecular flexibility index (Phi) is 7.31. The van der Waals surface area contributed by atoms with E-state index in [-0.39, 0.29) is 35.9 Å². The fourth-order valence-corrected chi connectivity index (χ4v) is 2.80. The Hall–Kier alpha value is -2.23. The largest absolute Gasteiger partial charge is 0.497 e. The lowest BCUT2D eigenvalue weighted by molar-refractivity contribution is -0.117. The summed E-state index contributed by atoms with van der Waals surface area (Å²) >= 11 is 0. The molecule has 0 bridgehead atoms. The van der Waals surface area contributed by atoms with E-state index in [1.54, 1.807) is 25.3 Å². The maximum atomic E-state index is 12.4. The van der Waals surface area contributed by atoms with Gasteiger partial charge in [0.1, 0.15) is 11.5 Å². The van der Waals surface area contributed by atoms with E-state index in [9.17, 15) is 4.79 Å². The van der Waals surface area contributed by atoms with Crippen LogP contribution >= 0.6 is 24.0 Å². The summed E-state index contributed by atoms with van der Waals surface area (Å²) < 4.78 is 10.5. The zero-order valence-electron chi connectivity index (χ0n) is 14.8. The monoisotopic (exact) mass is 470 g/mol. The minimum atomic E-state index is -0.0125. The number of rotatable bonds is 5. The van der Waals surface area contributed by atoms with E-state index in [1.165, 1.54) is 0 Å². The Labute approximate surface area is 169 Å². The first-order chi connectivity index (χ1) is 12.2. The van der Waals surface area contributed by atoms with Crippen molar-refractivity contribution in [2.75, 3.05) is 25.6 Å². The number of furan rings is 1. The van der Waals surface area contributed by atoms with Crippen molar-refractivity contribution >= 4 is 41.5 Å². The van der Waals surface area contributed by atoms with Crippen LogP contribution in [0.25, 0.3) is 0 Å². The van der Waals surface area contributed by atoms with Gasteiger partial charge in [-0.2, -0.15) is 0 Å². The predicted octanol–water partition coefficient (Wildman–Crippen LogP) is 2.38. The Morgan fingerprint density at radius 2 is 2.23 bits per heavy atom. The third-order valence-corrected chi connectivity index (χ3v) is 4.06. The summed E-state index contributed by atoms with van der Waals surface area (Å²) in [4.78, 5) is 18.3. The topological polar surface area (TPSA) is 79.1 Å². The van der Waals surface area contributed by atoms with Crippen LogP contribution in [0.3, 0.4) is 0 Å². The van der Waals surface area contributed by atoms with Gasteiger partial charge in [-0.05, 0) is 24.3 Å². The minimum absolute atomic E-state index is 0. The molecular formula is C18H23IN4O3. The molecule has 8 heteroatoms. The van der Waals surface area contributed by atoms with Crippen molar-refractivity contribution in [3.63, 3.8) is 0 Å². The van der Waals surface area contributed by atoms with Crippen molar-refractivity contribution in [1.29, 1.82) is 0 Å². The van der Waals surface area contributed by atoms with Gasteiger partial charge in [0.15, 0.2) is 5.96 Å². The van der Waals surface area contributed by atoms with Gasteiger partial charge in [-0.15, -0.1) is 24.0 Å². The number of benzene rings is 1. The number of aliphatic imine (C=N–C) groups is 1. The lowest BCUT2D eigenvalue weighted by atomic mass is 10.2. The highest BCUT2D eigenvalue weighted by Gasteiger charge is 2.31. The van der Waals surface area contributed by atoms with Crippen molar-refractivity contribution in [2.24, 2.45) is 4.99 Å². The number of hydrogen-bond donors (Lipinski definition) is 2. The number of amides is 1. The number of ether oxygens (including phenoxy) is 1. The quantitative estimate of drug-likeness (QED) is 0.399.